The van der Waals surface area contributed by atoms with Gasteiger partial charge in [-0.05, 0) is 6.42 Å². The second-order valence-corrected chi connectivity index (χ2v) is 7.86. The van der Waals surface area contributed by atoms with Crippen LogP contribution in [0, 0.1) is 0 Å². The lowest BCUT2D eigenvalue weighted by atomic mass is 9.97. The van der Waals surface area contributed by atoms with Crippen LogP contribution in [0.2, 0.25) is 0 Å². The molecule has 2 aliphatic heterocycles. The number of Topliss-reactive ketones (excluding diaryl/α,β-unsaturated/α-hetero) is 1. The summed E-state index contributed by atoms with van der Waals surface area (Å²) in [5, 5.41) is 69.4. The SMILES string of the molecule is CCCCCC(=O)COC[C@H]1O[C@@H](O[C@H]2[C@H](O)[C@@H](O)[C@H](O)O[C@@H]2CO)[C@H](O)[C@@H](O)[C@@H]1O. The molecule has 2 saturated heterocycles. The standard InChI is InChI=1S/C19H34O12/c1-2-3-4-5-9(21)7-28-8-11-12(22)13(23)16(26)19(30-11)31-17-10(6-20)29-18(27)15(25)14(17)24/h10-20,22-27H,2-8H2,1H3/t10-,11-,12-,13+,14-,15-,16-,17-,18-,19+/m1/s1. The Bertz CT molecular complexity index is 546. The Hall–Kier alpha value is -0.770. The molecule has 2 heterocycles. The lowest BCUT2D eigenvalue weighted by Crippen LogP contribution is -2.64. The van der Waals surface area contributed by atoms with E-state index < -0.39 is 68.0 Å². The topological polar surface area (TPSA) is 196 Å². The zero-order valence-corrected chi connectivity index (χ0v) is 17.4. The highest BCUT2D eigenvalue weighted by Crippen LogP contribution is 2.28. The highest BCUT2D eigenvalue weighted by atomic mass is 16.7. The van der Waals surface area contributed by atoms with Crippen LogP contribution < -0.4 is 0 Å². The monoisotopic (exact) mass is 454 g/mol. The molecule has 2 rings (SSSR count). The van der Waals surface area contributed by atoms with Crippen LogP contribution in [0.3, 0.4) is 0 Å². The third-order valence-electron chi connectivity index (χ3n) is 5.40. The maximum atomic E-state index is 11.8. The van der Waals surface area contributed by atoms with Gasteiger partial charge < -0.3 is 54.7 Å². The van der Waals surface area contributed by atoms with Gasteiger partial charge in [0.15, 0.2) is 18.4 Å². The maximum Gasteiger partial charge on any atom is 0.187 e. The Labute approximate surface area is 179 Å². The number of aliphatic hydroxyl groups is 7. The number of unbranched alkanes of at least 4 members (excludes halogenated alkanes) is 2. The van der Waals surface area contributed by atoms with Gasteiger partial charge in [0.05, 0.1) is 13.2 Å². The molecule has 0 spiro atoms. The van der Waals surface area contributed by atoms with Crippen LogP contribution in [0.1, 0.15) is 32.6 Å². The van der Waals surface area contributed by atoms with E-state index in [0.717, 1.165) is 19.3 Å². The van der Waals surface area contributed by atoms with Crippen LogP contribution in [0.25, 0.3) is 0 Å². The molecule has 0 unspecified atom stereocenters. The van der Waals surface area contributed by atoms with Gasteiger partial charge in [-0.1, -0.05) is 19.8 Å². The highest BCUT2D eigenvalue weighted by Gasteiger charge is 2.50. The Morgan fingerprint density at radius 2 is 1.58 bits per heavy atom. The molecule has 12 heteroatoms. The van der Waals surface area contributed by atoms with Crippen LogP contribution in [-0.2, 0) is 23.7 Å². The van der Waals surface area contributed by atoms with Gasteiger partial charge in [-0.15, -0.1) is 0 Å². The van der Waals surface area contributed by atoms with Gasteiger partial charge in [-0.2, -0.15) is 0 Å². The van der Waals surface area contributed by atoms with Gasteiger partial charge in [0.1, 0.15) is 55.4 Å². The van der Waals surface area contributed by atoms with Crippen molar-refractivity contribution in [2.75, 3.05) is 19.8 Å². The summed E-state index contributed by atoms with van der Waals surface area (Å²) < 4.78 is 21.2. The molecule has 7 N–H and O–H groups in total. The number of hydrogen-bond acceptors (Lipinski definition) is 12. The van der Waals surface area contributed by atoms with Gasteiger partial charge in [-0.25, -0.2) is 0 Å². The molecule has 10 atom stereocenters. The molecule has 0 amide bonds. The third-order valence-corrected chi connectivity index (χ3v) is 5.40. The molecule has 0 saturated carbocycles. The van der Waals surface area contributed by atoms with E-state index >= 15 is 0 Å². The summed E-state index contributed by atoms with van der Waals surface area (Å²) in [6, 6.07) is 0. The van der Waals surface area contributed by atoms with E-state index in [1.807, 2.05) is 6.92 Å². The van der Waals surface area contributed by atoms with Crippen LogP contribution in [0.5, 0.6) is 0 Å². The Morgan fingerprint density at radius 1 is 0.871 bits per heavy atom. The fourth-order valence-corrected chi connectivity index (χ4v) is 3.49. The van der Waals surface area contributed by atoms with Crippen LogP contribution in [0.4, 0.5) is 0 Å². The van der Waals surface area contributed by atoms with E-state index in [4.69, 9.17) is 18.9 Å². The van der Waals surface area contributed by atoms with E-state index in [2.05, 4.69) is 0 Å². The number of carbonyl (C=O) groups excluding carboxylic acids is 1. The highest BCUT2D eigenvalue weighted by molar-refractivity contribution is 5.79. The minimum absolute atomic E-state index is 0.118. The number of aliphatic hydroxyl groups excluding tert-OH is 7. The third kappa shape index (κ3) is 6.85. The number of ketones is 1. The quantitative estimate of drug-likeness (QED) is 0.155. The van der Waals surface area contributed by atoms with Crippen molar-refractivity contribution in [1.29, 1.82) is 0 Å². The largest absolute Gasteiger partial charge is 0.394 e. The number of ether oxygens (including phenoxy) is 4. The molecule has 0 aliphatic carbocycles. The van der Waals surface area contributed by atoms with Crippen LogP contribution >= 0.6 is 0 Å². The smallest absolute Gasteiger partial charge is 0.187 e. The molecule has 182 valence electrons. The molecule has 0 aromatic carbocycles. The molecule has 2 fully saturated rings. The predicted molar refractivity (Wildman–Crippen MR) is 102 cm³/mol. The molecule has 12 nitrogen and oxygen atoms in total. The normalized spacial score (nSPS) is 41.3. The molecule has 0 aromatic rings. The molecular weight excluding hydrogens is 420 g/mol. The van der Waals surface area contributed by atoms with E-state index in [1.54, 1.807) is 0 Å². The van der Waals surface area contributed by atoms with Crippen molar-refractivity contribution in [2.45, 2.75) is 94.0 Å². The van der Waals surface area contributed by atoms with Crippen molar-refractivity contribution in [1.82, 2.24) is 0 Å². The second-order valence-electron chi connectivity index (χ2n) is 7.86. The molecule has 31 heavy (non-hydrogen) atoms. The Balaban J connectivity index is 1.95. The Kier molecular flexibility index (Phi) is 10.6. The zero-order chi connectivity index (χ0) is 23.1. The van der Waals surface area contributed by atoms with Gasteiger partial charge in [0.2, 0.25) is 0 Å². The molecule has 0 bridgehead atoms. The van der Waals surface area contributed by atoms with Crippen molar-refractivity contribution in [3.63, 3.8) is 0 Å². The van der Waals surface area contributed by atoms with Crippen molar-refractivity contribution in [3.8, 4) is 0 Å². The molecular formula is C19H34O12. The summed E-state index contributed by atoms with van der Waals surface area (Å²) in [7, 11) is 0. The average molecular weight is 454 g/mol. The molecule has 0 radical (unpaired) electrons. The molecule has 2 aliphatic rings. The fraction of sp³-hybridized carbons (Fsp3) is 0.947. The average Bonchev–Trinajstić information content (AvgIpc) is 2.75. The zero-order valence-electron chi connectivity index (χ0n) is 17.4. The predicted octanol–water partition coefficient (Wildman–Crippen LogP) is -3.22. The van der Waals surface area contributed by atoms with E-state index in [9.17, 15) is 40.5 Å². The van der Waals surface area contributed by atoms with E-state index in [0.29, 0.717) is 6.42 Å². The van der Waals surface area contributed by atoms with Crippen molar-refractivity contribution in [3.05, 3.63) is 0 Å². The summed E-state index contributed by atoms with van der Waals surface area (Å²) >= 11 is 0. The van der Waals surface area contributed by atoms with Gasteiger partial charge in [-0.3, -0.25) is 4.79 Å². The first-order valence-corrected chi connectivity index (χ1v) is 10.5. The van der Waals surface area contributed by atoms with Crippen LogP contribution in [-0.4, -0.2) is 123 Å². The van der Waals surface area contributed by atoms with E-state index in [1.165, 1.54) is 0 Å². The minimum atomic E-state index is -1.76. The summed E-state index contributed by atoms with van der Waals surface area (Å²) in [5.41, 5.74) is 0. The van der Waals surface area contributed by atoms with Gasteiger partial charge >= 0.3 is 0 Å². The Morgan fingerprint density at radius 3 is 2.23 bits per heavy atom. The fourth-order valence-electron chi connectivity index (χ4n) is 3.49. The van der Waals surface area contributed by atoms with Crippen molar-refractivity contribution >= 4 is 5.78 Å². The first kappa shape index (κ1) is 26.5. The van der Waals surface area contributed by atoms with Crippen LogP contribution in [0.15, 0.2) is 0 Å². The summed E-state index contributed by atoms with van der Waals surface area (Å²) in [5.74, 6) is -0.118. The lowest BCUT2D eigenvalue weighted by molar-refractivity contribution is -0.355. The molecule has 0 aromatic heterocycles. The maximum absolute atomic E-state index is 11.8. The summed E-state index contributed by atoms with van der Waals surface area (Å²) in [6.45, 7) is 0.850. The van der Waals surface area contributed by atoms with Crippen molar-refractivity contribution < 1.29 is 59.5 Å². The summed E-state index contributed by atoms with van der Waals surface area (Å²) in [4.78, 5) is 11.8. The number of rotatable bonds is 11. The van der Waals surface area contributed by atoms with E-state index in [-0.39, 0.29) is 19.0 Å². The number of hydrogen-bond donors (Lipinski definition) is 7. The lowest BCUT2D eigenvalue weighted by Gasteiger charge is -2.45. The number of carbonyl (C=O) groups is 1. The summed E-state index contributed by atoms with van der Waals surface area (Å²) in [6.07, 6.45) is -12.6. The minimum Gasteiger partial charge on any atom is -0.394 e. The first-order chi connectivity index (χ1) is 14.7. The first-order valence-electron chi connectivity index (χ1n) is 10.5. The van der Waals surface area contributed by atoms with Crippen molar-refractivity contribution in [2.24, 2.45) is 0 Å². The second kappa shape index (κ2) is 12.5. The van der Waals surface area contributed by atoms with Gasteiger partial charge in [0.25, 0.3) is 0 Å². The van der Waals surface area contributed by atoms with Gasteiger partial charge in [0, 0.05) is 6.42 Å².